The minimum Gasteiger partial charge on any atom is -0.355 e. The number of rotatable bonds is 11. The van der Waals surface area contributed by atoms with E-state index in [4.69, 9.17) is 34.8 Å². The lowest BCUT2D eigenvalue weighted by molar-refractivity contribution is -0.140. The van der Waals surface area contributed by atoms with E-state index in [1.165, 1.54) is 36.4 Å². The molecule has 0 aliphatic heterocycles. The van der Waals surface area contributed by atoms with E-state index in [1.54, 1.807) is 26.0 Å². The van der Waals surface area contributed by atoms with Crippen molar-refractivity contribution in [1.82, 2.24) is 10.2 Å². The number of carbonyl (C=O) groups is 2. The second kappa shape index (κ2) is 14.0. The normalized spacial score (nSPS) is 12.5. The molecule has 0 bridgehead atoms. The Morgan fingerprint density at radius 2 is 1.60 bits per heavy atom. The summed E-state index contributed by atoms with van der Waals surface area (Å²) in [5.74, 6) is -1.39. The number of sulfonamides is 1. The lowest BCUT2D eigenvalue weighted by atomic mass is 10.1. The van der Waals surface area contributed by atoms with Crippen LogP contribution >= 0.6 is 34.8 Å². The van der Waals surface area contributed by atoms with Crippen LogP contribution in [0.1, 0.15) is 31.4 Å². The molecule has 0 aliphatic rings. The van der Waals surface area contributed by atoms with Gasteiger partial charge in [0.15, 0.2) is 0 Å². The fourth-order valence-electron chi connectivity index (χ4n) is 4.16. The van der Waals surface area contributed by atoms with Gasteiger partial charge in [-0.15, -0.1) is 0 Å². The van der Waals surface area contributed by atoms with Gasteiger partial charge in [0, 0.05) is 23.1 Å². The predicted octanol–water partition coefficient (Wildman–Crippen LogP) is 6.80. The van der Waals surface area contributed by atoms with Gasteiger partial charge in [-0.3, -0.25) is 13.9 Å². The first-order chi connectivity index (χ1) is 19.7. The summed E-state index contributed by atoms with van der Waals surface area (Å²) in [6.45, 7) is 2.41. The van der Waals surface area contributed by atoms with E-state index in [2.05, 4.69) is 5.32 Å². The Balaban J connectivity index is 2.17. The van der Waals surface area contributed by atoms with Gasteiger partial charge in [-0.2, -0.15) is 13.2 Å². The largest absolute Gasteiger partial charge is 0.416 e. The number of nitrogens with zero attached hydrogens (tertiary/aromatic N) is 2. The van der Waals surface area contributed by atoms with E-state index < -0.39 is 51.9 Å². The predicted molar refractivity (Wildman–Crippen MR) is 157 cm³/mol. The summed E-state index contributed by atoms with van der Waals surface area (Å²) < 4.78 is 69.1. The molecule has 0 aromatic heterocycles. The average molecular weight is 665 g/mol. The first kappa shape index (κ1) is 33.5. The number of amides is 2. The van der Waals surface area contributed by atoms with Crippen LogP contribution in [0.15, 0.2) is 71.6 Å². The maximum Gasteiger partial charge on any atom is 0.416 e. The second-order valence-corrected chi connectivity index (χ2v) is 12.2. The molecule has 1 N–H and O–H groups in total. The van der Waals surface area contributed by atoms with Crippen molar-refractivity contribution in [3.05, 3.63) is 92.9 Å². The number of anilines is 1. The maximum absolute atomic E-state index is 14.0. The van der Waals surface area contributed by atoms with E-state index in [-0.39, 0.29) is 34.5 Å². The van der Waals surface area contributed by atoms with Gasteiger partial charge in [-0.25, -0.2) is 8.42 Å². The first-order valence-electron chi connectivity index (χ1n) is 12.7. The second-order valence-electron chi connectivity index (χ2n) is 9.06. The molecule has 1 unspecified atom stereocenters. The topological polar surface area (TPSA) is 86.8 Å². The number of hydrogen-bond donors (Lipinski definition) is 1. The van der Waals surface area contributed by atoms with Crippen molar-refractivity contribution < 1.29 is 31.2 Å². The number of carbonyl (C=O) groups excluding carboxylic acids is 2. The molecular weight excluding hydrogens is 638 g/mol. The SMILES string of the molecule is CCNC(=O)C(CC)N(Cc1ccc(Cl)cc1Cl)C(=O)CN(c1cc(C(F)(F)F)ccc1Cl)S(=O)(=O)c1ccccc1. The summed E-state index contributed by atoms with van der Waals surface area (Å²) in [7, 11) is -4.63. The van der Waals surface area contributed by atoms with Crippen LogP contribution in [0.4, 0.5) is 18.9 Å². The van der Waals surface area contributed by atoms with Crippen LogP contribution in [0.5, 0.6) is 0 Å². The van der Waals surface area contributed by atoms with E-state index in [1.807, 2.05) is 0 Å². The Morgan fingerprint density at radius 1 is 0.929 bits per heavy atom. The van der Waals surface area contributed by atoms with Gasteiger partial charge in [-0.05, 0) is 61.4 Å². The Kier molecular flexibility index (Phi) is 11.2. The molecule has 3 aromatic carbocycles. The van der Waals surface area contributed by atoms with Gasteiger partial charge in [0.2, 0.25) is 11.8 Å². The molecule has 1 atom stereocenters. The molecule has 2 amide bonds. The molecule has 0 saturated heterocycles. The lowest BCUT2D eigenvalue weighted by Crippen LogP contribution is -2.52. The summed E-state index contributed by atoms with van der Waals surface area (Å²) in [5.41, 5.74) is -1.31. The number of benzene rings is 3. The number of hydrogen-bond acceptors (Lipinski definition) is 4. The summed E-state index contributed by atoms with van der Waals surface area (Å²) in [4.78, 5) is 27.8. The summed E-state index contributed by atoms with van der Waals surface area (Å²) >= 11 is 18.6. The van der Waals surface area contributed by atoms with Crippen LogP contribution in [0.3, 0.4) is 0 Å². The van der Waals surface area contributed by atoms with E-state index in [0.717, 1.165) is 11.0 Å². The Bertz CT molecular complexity index is 1540. The third-order valence-corrected chi connectivity index (χ3v) is 8.93. The minimum absolute atomic E-state index is 0.137. The van der Waals surface area contributed by atoms with Crippen LogP contribution in [0, 0.1) is 0 Å². The van der Waals surface area contributed by atoms with E-state index in [0.29, 0.717) is 27.0 Å². The monoisotopic (exact) mass is 663 g/mol. The summed E-state index contributed by atoms with van der Waals surface area (Å²) in [6.07, 6.45) is -4.69. The molecule has 0 aliphatic carbocycles. The average Bonchev–Trinajstić information content (AvgIpc) is 2.93. The lowest BCUT2D eigenvalue weighted by Gasteiger charge is -2.33. The molecule has 0 radical (unpaired) electrons. The van der Waals surface area contributed by atoms with Crippen molar-refractivity contribution in [2.75, 3.05) is 17.4 Å². The van der Waals surface area contributed by atoms with Crippen LogP contribution in [-0.2, 0) is 32.3 Å². The zero-order chi connectivity index (χ0) is 31.2. The van der Waals surface area contributed by atoms with Crippen molar-refractivity contribution >= 4 is 62.3 Å². The minimum atomic E-state index is -4.82. The van der Waals surface area contributed by atoms with Gasteiger partial charge in [-0.1, -0.05) is 66.0 Å². The third kappa shape index (κ3) is 7.89. The van der Waals surface area contributed by atoms with Crippen molar-refractivity contribution in [2.45, 2.75) is 43.9 Å². The van der Waals surface area contributed by atoms with Crippen molar-refractivity contribution in [3.8, 4) is 0 Å². The van der Waals surface area contributed by atoms with Gasteiger partial charge in [0.1, 0.15) is 12.6 Å². The molecule has 14 heteroatoms. The van der Waals surface area contributed by atoms with E-state index >= 15 is 0 Å². The third-order valence-electron chi connectivity index (χ3n) is 6.24. The standard InChI is InChI=1S/C28H27Cl3F3N3O4S/c1-3-24(27(39)35-4-2)36(16-18-10-12-20(29)15-23(18)31)26(38)17-37(42(40,41)21-8-6-5-7-9-21)25-14-19(28(32,33)34)11-13-22(25)30/h5-15,24H,3-4,16-17H2,1-2H3,(H,35,39). The molecule has 226 valence electrons. The van der Waals surface area contributed by atoms with Gasteiger partial charge in [0.25, 0.3) is 10.0 Å². The summed E-state index contributed by atoms with van der Waals surface area (Å²) in [6, 6.07) is 12.5. The van der Waals surface area contributed by atoms with Crippen LogP contribution in [-0.4, -0.2) is 44.3 Å². The molecule has 0 spiro atoms. The highest BCUT2D eigenvalue weighted by Crippen LogP contribution is 2.37. The maximum atomic E-state index is 14.0. The molecule has 3 rings (SSSR count). The highest BCUT2D eigenvalue weighted by atomic mass is 35.5. The highest BCUT2D eigenvalue weighted by Gasteiger charge is 2.37. The Hall–Kier alpha value is -2.99. The van der Waals surface area contributed by atoms with Gasteiger partial charge >= 0.3 is 6.18 Å². The zero-order valence-electron chi connectivity index (χ0n) is 22.5. The Labute approximate surface area is 257 Å². The van der Waals surface area contributed by atoms with Crippen molar-refractivity contribution in [1.29, 1.82) is 0 Å². The van der Waals surface area contributed by atoms with Crippen LogP contribution in [0.2, 0.25) is 15.1 Å². The highest BCUT2D eigenvalue weighted by molar-refractivity contribution is 7.92. The van der Waals surface area contributed by atoms with Gasteiger partial charge in [0.05, 0.1) is 21.2 Å². The van der Waals surface area contributed by atoms with E-state index in [9.17, 15) is 31.2 Å². The molecule has 42 heavy (non-hydrogen) atoms. The van der Waals surface area contributed by atoms with Crippen LogP contribution < -0.4 is 9.62 Å². The summed E-state index contributed by atoms with van der Waals surface area (Å²) in [5, 5.41) is 2.84. The number of likely N-dealkylation sites (N-methyl/N-ethyl adjacent to an activating group) is 1. The molecular formula is C28H27Cl3F3N3O4S. The van der Waals surface area contributed by atoms with Gasteiger partial charge < -0.3 is 10.2 Å². The smallest absolute Gasteiger partial charge is 0.355 e. The zero-order valence-corrected chi connectivity index (χ0v) is 25.5. The number of halogens is 6. The quantitative estimate of drug-likeness (QED) is 0.244. The molecule has 7 nitrogen and oxygen atoms in total. The molecule has 3 aromatic rings. The fraction of sp³-hybridized carbons (Fsp3) is 0.286. The number of alkyl halides is 3. The first-order valence-corrected chi connectivity index (χ1v) is 15.2. The molecule has 0 saturated carbocycles. The fourth-order valence-corrected chi connectivity index (χ4v) is 6.34. The van der Waals surface area contributed by atoms with Crippen molar-refractivity contribution in [2.24, 2.45) is 0 Å². The van der Waals surface area contributed by atoms with Crippen LogP contribution in [0.25, 0.3) is 0 Å². The number of nitrogens with one attached hydrogen (secondary N) is 1. The molecule has 0 heterocycles. The Morgan fingerprint density at radius 3 is 2.17 bits per heavy atom. The van der Waals surface area contributed by atoms with Crippen molar-refractivity contribution in [3.63, 3.8) is 0 Å². The molecule has 0 fully saturated rings.